The molecule has 170 valence electrons. The number of aromatic amines is 1. The van der Waals surface area contributed by atoms with E-state index in [9.17, 15) is 22.4 Å². The molecule has 0 aliphatic heterocycles. The van der Waals surface area contributed by atoms with E-state index in [-0.39, 0.29) is 25.4 Å². The number of esters is 1. The van der Waals surface area contributed by atoms with Gasteiger partial charge in [-0.05, 0) is 36.2 Å². The van der Waals surface area contributed by atoms with Crippen molar-refractivity contribution in [3.8, 4) is 22.4 Å². The lowest BCUT2D eigenvalue weighted by molar-refractivity contribution is -0.199. The number of fused-ring (bicyclic) bond motifs is 1. The molecule has 0 atom stereocenters. The van der Waals surface area contributed by atoms with Gasteiger partial charge in [0.25, 0.3) is 0 Å². The number of carbonyl (C=O) groups excluding carboxylic acids is 1. The summed E-state index contributed by atoms with van der Waals surface area (Å²) in [6.45, 7) is -0.138. The number of anilines is 1. The van der Waals surface area contributed by atoms with Gasteiger partial charge in [0.1, 0.15) is 17.2 Å². The topological polar surface area (TPSA) is 92.8 Å². The summed E-state index contributed by atoms with van der Waals surface area (Å²) >= 11 is 0. The van der Waals surface area contributed by atoms with Gasteiger partial charge < -0.3 is 15.0 Å². The first-order chi connectivity index (χ1) is 15.8. The number of rotatable bonds is 7. The first kappa shape index (κ1) is 22.2. The second-order valence-electron chi connectivity index (χ2n) is 6.98. The fourth-order valence-electron chi connectivity index (χ4n) is 3.24. The highest BCUT2D eigenvalue weighted by Crippen LogP contribution is 2.37. The van der Waals surface area contributed by atoms with Crippen LogP contribution in [0, 0.1) is 5.82 Å². The van der Waals surface area contributed by atoms with E-state index in [4.69, 9.17) is 0 Å². The molecule has 0 saturated heterocycles. The average molecular weight is 459 g/mol. The maximum Gasteiger partial charge on any atom is 0.490 e. The minimum absolute atomic E-state index is 0.161. The quantitative estimate of drug-likeness (QED) is 0.236. The van der Waals surface area contributed by atoms with Crippen molar-refractivity contribution in [3.63, 3.8) is 0 Å². The van der Waals surface area contributed by atoms with Crippen molar-refractivity contribution in [1.82, 2.24) is 19.9 Å². The molecule has 3 aromatic heterocycles. The highest BCUT2D eigenvalue weighted by atomic mass is 19.4. The zero-order chi connectivity index (χ0) is 23.4. The molecule has 0 amide bonds. The second kappa shape index (κ2) is 9.23. The Morgan fingerprint density at radius 3 is 2.52 bits per heavy atom. The Morgan fingerprint density at radius 2 is 1.76 bits per heavy atom. The van der Waals surface area contributed by atoms with Crippen LogP contribution in [-0.2, 0) is 9.53 Å². The number of H-pyrrole nitrogens is 1. The number of ether oxygens (including phenoxy) is 1. The third-order valence-electron chi connectivity index (χ3n) is 4.70. The van der Waals surface area contributed by atoms with Gasteiger partial charge in [0.15, 0.2) is 5.65 Å². The summed E-state index contributed by atoms with van der Waals surface area (Å²) in [5.41, 5.74) is 4.12. The van der Waals surface area contributed by atoms with Crippen molar-refractivity contribution in [2.75, 3.05) is 18.5 Å². The van der Waals surface area contributed by atoms with E-state index < -0.39 is 12.1 Å². The lowest BCUT2D eigenvalue weighted by Gasteiger charge is -2.10. The van der Waals surface area contributed by atoms with Crippen LogP contribution in [0.15, 0.2) is 55.0 Å². The van der Waals surface area contributed by atoms with Crippen molar-refractivity contribution < 1.29 is 27.1 Å². The van der Waals surface area contributed by atoms with Crippen molar-refractivity contribution in [2.45, 2.75) is 12.6 Å². The second-order valence-corrected chi connectivity index (χ2v) is 6.98. The Balaban J connectivity index is 1.54. The molecule has 7 nitrogen and oxygen atoms in total. The van der Waals surface area contributed by atoms with Crippen LogP contribution in [0.3, 0.4) is 0 Å². The van der Waals surface area contributed by atoms with Crippen LogP contribution < -0.4 is 5.32 Å². The number of nitrogens with one attached hydrogen (secondary N) is 2. The molecule has 0 aliphatic carbocycles. The Morgan fingerprint density at radius 1 is 1.00 bits per heavy atom. The van der Waals surface area contributed by atoms with Crippen LogP contribution in [0.5, 0.6) is 0 Å². The molecule has 3 heterocycles. The number of hydrogen-bond donors (Lipinski definition) is 2. The summed E-state index contributed by atoms with van der Waals surface area (Å²) in [7, 11) is 0. The summed E-state index contributed by atoms with van der Waals surface area (Å²) < 4.78 is 54.1. The molecule has 0 saturated carbocycles. The average Bonchev–Trinajstić information content (AvgIpc) is 3.18. The molecular formula is C22H17F4N5O2. The number of alkyl halides is 3. The van der Waals surface area contributed by atoms with E-state index in [1.165, 1.54) is 12.1 Å². The number of halogens is 4. The van der Waals surface area contributed by atoms with Crippen LogP contribution in [0.2, 0.25) is 0 Å². The third kappa shape index (κ3) is 5.08. The molecule has 2 N–H and O–H groups in total. The Bertz CT molecular complexity index is 1270. The lowest BCUT2D eigenvalue weighted by atomic mass is 10.0. The van der Waals surface area contributed by atoms with E-state index in [2.05, 4.69) is 30.0 Å². The molecule has 0 unspecified atom stereocenters. The largest absolute Gasteiger partial charge is 0.490 e. The molecule has 0 radical (unpaired) electrons. The van der Waals surface area contributed by atoms with E-state index in [0.717, 1.165) is 16.7 Å². The molecule has 4 aromatic rings. The van der Waals surface area contributed by atoms with Gasteiger partial charge in [-0.15, -0.1) is 0 Å². The van der Waals surface area contributed by atoms with Crippen LogP contribution in [0.1, 0.15) is 6.42 Å². The minimum atomic E-state index is -5.01. The van der Waals surface area contributed by atoms with E-state index in [1.54, 1.807) is 42.9 Å². The van der Waals surface area contributed by atoms with Crippen LogP contribution in [0.25, 0.3) is 33.5 Å². The molecule has 0 spiro atoms. The van der Waals surface area contributed by atoms with Gasteiger partial charge >= 0.3 is 12.1 Å². The van der Waals surface area contributed by atoms with E-state index >= 15 is 0 Å². The number of benzene rings is 1. The van der Waals surface area contributed by atoms with Crippen molar-refractivity contribution >= 4 is 23.0 Å². The number of carbonyl (C=O) groups is 1. The van der Waals surface area contributed by atoms with Gasteiger partial charge in [-0.1, -0.05) is 12.1 Å². The van der Waals surface area contributed by atoms with E-state index in [1.807, 2.05) is 0 Å². The molecule has 4 rings (SSSR count). The SMILES string of the molecule is O=C(OCCCNc1cc(-c2[nH]c3nccnc3c2-c2ccc(F)cc2)ccn1)C(F)(F)F. The first-order valence-corrected chi connectivity index (χ1v) is 9.86. The maximum absolute atomic E-state index is 13.5. The normalized spacial score (nSPS) is 11.5. The summed E-state index contributed by atoms with van der Waals surface area (Å²) in [5.74, 6) is -2.10. The zero-order valence-electron chi connectivity index (χ0n) is 17.0. The molecule has 0 aliphatic rings. The van der Waals surface area contributed by atoms with Crippen molar-refractivity contribution in [1.29, 1.82) is 0 Å². The van der Waals surface area contributed by atoms with Gasteiger partial charge in [0.05, 0.1) is 12.3 Å². The number of pyridine rings is 1. The maximum atomic E-state index is 13.5. The summed E-state index contributed by atoms with van der Waals surface area (Å²) in [4.78, 5) is 26.9. The predicted molar refractivity (Wildman–Crippen MR) is 113 cm³/mol. The summed E-state index contributed by atoms with van der Waals surface area (Å²) in [6, 6.07) is 9.55. The first-order valence-electron chi connectivity index (χ1n) is 9.86. The van der Waals surface area contributed by atoms with Gasteiger partial charge in [-0.2, -0.15) is 13.2 Å². The van der Waals surface area contributed by atoms with Crippen LogP contribution >= 0.6 is 0 Å². The van der Waals surface area contributed by atoms with E-state index in [0.29, 0.717) is 22.7 Å². The Kier molecular flexibility index (Phi) is 6.20. The number of hydrogen-bond acceptors (Lipinski definition) is 6. The predicted octanol–water partition coefficient (Wildman–Crippen LogP) is 4.73. The Hall–Kier alpha value is -4.02. The summed E-state index contributed by atoms with van der Waals surface area (Å²) in [6.07, 6.45) is -0.147. The highest BCUT2D eigenvalue weighted by molar-refractivity contribution is 6.00. The fourth-order valence-corrected chi connectivity index (χ4v) is 3.24. The highest BCUT2D eigenvalue weighted by Gasteiger charge is 2.40. The minimum Gasteiger partial charge on any atom is -0.459 e. The van der Waals surface area contributed by atoms with Gasteiger partial charge in [0.2, 0.25) is 0 Å². The van der Waals surface area contributed by atoms with Crippen LogP contribution in [0.4, 0.5) is 23.4 Å². The van der Waals surface area contributed by atoms with Gasteiger partial charge in [-0.25, -0.2) is 19.2 Å². The molecule has 0 fully saturated rings. The third-order valence-corrected chi connectivity index (χ3v) is 4.70. The molecule has 11 heteroatoms. The fraction of sp³-hybridized carbons (Fsp3) is 0.182. The zero-order valence-corrected chi connectivity index (χ0v) is 17.0. The number of aromatic nitrogens is 4. The van der Waals surface area contributed by atoms with Gasteiger partial charge in [0, 0.05) is 36.3 Å². The van der Waals surface area contributed by atoms with Crippen molar-refractivity contribution in [3.05, 3.63) is 60.8 Å². The smallest absolute Gasteiger partial charge is 0.459 e. The lowest BCUT2D eigenvalue weighted by Crippen LogP contribution is -2.26. The summed E-state index contributed by atoms with van der Waals surface area (Å²) in [5, 5.41) is 2.99. The Labute approximate surface area is 184 Å². The monoisotopic (exact) mass is 459 g/mol. The van der Waals surface area contributed by atoms with Gasteiger partial charge in [-0.3, -0.25) is 4.98 Å². The van der Waals surface area contributed by atoms with Crippen molar-refractivity contribution in [2.24, 2.45) is 0 Å². The molecule has 0 bridgehead atoms. The van der Waals surface area contributed by atoms with Crippen LogP contribution in [-0.4, -0.2) is 45.2 Å². The molecular weight excluding hydrogens is 442 g/mol. The standard InChI is InChI=1S/C22H17F4N5O2/c23-15-4-2-13(3-5-15)17-18(31-20-19(17)29-9-10-30-20)14-6-8-28-16(12-14)27-7-1-11-33-21(32)22(24,25)26/h2-6,8-10,12H,1,7,11H2,(H,27,28)(H,30,31). The molecule has 1 aromatic carbocycles. The number of nitrogens with zero attached hydrogens (tertiary/aromatic N) is 3. The molecule has 33 heavy (non-hydrogen) atoms.